The summed E-state index contributed by atoms with van der Waals surface area (Å²) in [5.41, 5.74) is -1.14. The maximum absolute atomic E-state index is 12.3. The van der Waals surface area contributed by atoms with Gasteiger partial charge in [-0.3, -0.25) is 15.1 Å². The molecule has 0 aromatic carbocycles. The molecule has 2 atom stereocenters. The highest BCUT2D eigenvalue weighted by atomic mass is 16.6. The van der Waals surface area contributed by atoms with E-state index < -0.39 is 40.4 Å². The lowest BCUT2D eigenvalue weighted by molar-refractivity contribution is -0.384. The van der Waals surface area contributed by atoms with Gasteiger partial charge >= 0.3 is 17.9 Å². The zero-order valence-electron chi connectivity index (χ0n) is 18.8. The fraction of sp³-hybridized carbons (Fsp3) is 0.650. The second-order valence-electron chi connectivity index (χ2n) is 9.45. The quantitative estimate of drug-likeness (QED) is 0.542. The van der Waals surface area contributed by atoms with Crippen molar-refractivity contribution in [3.05, 3.63) is 28.6 Å². The average Bonchev–Trinajstić information content (AvgIpc) is 2.57. The number of rotatable bonds is 4. The summed E-state index contributed by atoms with van der Waals surface area (Å²) in [6.45, 7) is 11.1. The van der Waals surface area contributed by atoms with Crippen molar-refractivity contribution >= 4 is 23.6 Å². The Morgan fingerprint density at radius 1 is 1.06 bits per heavy atom. The van der Waals surface area contributed by atoms with E-state index in [-0.39, 0.29) is 5.69 Å². The van der Waals surface area contributed by atoms with Crippen LogP contribution in [0.25, 0.3) is 0 Å². The van der Waals surface area contributed by atoms with Crippen LogP contribution in [0.1, 0.15) is 48.0 Å². The second-order valence-corrected chi connectivity index (χ2v) is 9.45. The van der Waals surface area contributed by atoms with Gasteiger partial charge in [-0.2, -0.15) is 0 Å². The summed E-state index contributed by atoms with van der Waals surface area (Å²) >= 11 is 0. The number of nitro groups is 1. The zero-order valence-corrected chi connectivity index (χ0v) is 18.8. The first kappa shape index (κ1) is 24.2. The molecule has 0 spiro atoms. The molecule has 0 saturated carbocycles. The molecule has 1 saturated heterocycles. The van der Waals surface area contributed by atoms with E-state index in [0.717, 1.165) is 0 Å². The Hall–Kier alpha value is -3.11. The molecule has 11 nitrogen and oxygen atoms in total. The van der Waals surface area contributed by atoms with Crippen LogP contribution in [0, 0.1) is 10.1 Å². The molecule has 1 aromatic rings. The maximum atomic E-state index is 12.3. The normalized spacial score (nSPS) is 19.4. The average molecular weight is 437 g/mol. The van der Waals surface area contributed by atoms with Crippen LogP contribution >= 0.6 is 0 Å². The minimum absolute atomic E-state index is 0.156. The number of anilines is 1. The number of carbonyl (C=O) groups excluding carboxylic acids is 2. The van der Waals surface area contributed by atoms with E-state index in [4.69, 9.17) is 9.47 Å². The van der Waals surface area contributed by atoms with Crippen LogP contribution in [0.4, 0.5) is 21.0 Å². The Bertz CT molecular complexity index is 779. The number of alkyl carbamates (subject to hydrolysis) is 2. The summed E-state index contributed by atoms with van der Waals surface area (Å²) in [4.78, 5) is 41.1. The minimum Gasteiger partial charge on any atom is -0.444 e. The van der Waals surface area contributed by atoms with Crippen molar-refractivity contribution < 1.29 is 24.0 Å². The zero-order chi connectivity index (χ0) is 23.4. The molecule has 2 rings (SSSR count). The molecule has 2 amide bonds. The van der Waals surface area contributed by atoms with E-state index in [1.54, 1.807) is 52.5 Å². The third kappa shape index (κ3) is 7.91. The van der Waals surface area contributed by atoms with Crippen LogP contribution in [0.5, 0.6) is 0 Å². The lowest BCUT2D eigenvalue weighted by atomic mass is 10.00. The largest absolute Gasteiger partial charge is 0.444 e. The summed E-state index contributed by atoms with van der Waals surface area (Å²) in [5.74, 6) is 0. The third-order valence-electron chi connectivity index (χ3n) is 4.21. The Morgan fingerprint density at radius 2 is 1.55 bits per heavy atom. The molecule has 0 radical (unpaired) electrons. The SMILES string of the molecule is CC(C)(C)OC(=O)N[C@@H]1C[C@H](NC(=O)OC(C)(C)C)CN(c2ccncc2[N+](=O)[O-])C1. The van der Waals surface area contributed by atoms with Gasteiger partial charge in [-0.25, -0.2) is 9.59 Å². The monoisotopic (exact) mass is 437 g/mol. The Balaban J connectivity index is 2.22. The van der Waals surface area contributed by atoms with Crippen molar-refractivity contribution in [2.75, 3.05) is 18.0 Å². The maximum Gasteiger partial charge on any atom is 0.407 e. The molecule has 11 heteroatoms. The summed E-state index contributed by atoms with van der Waals surface area (Å²) < 4.78 is 10.7. The highest BCUT2D eigenvalue weighted by Crippen LogP contribution is 2.29. The number of nitrogens with zero attached hydrogens (tertiary/aromatic N) is 3. The van der Waals surface area contributed by atoms with Crippen LogP contribution in [0.15, 0.2) is 18.5 Å². The first-order valence-corrected chi connectivity index (χ1v) is 10.1. The molecule has 0 bridgehead atoms. The lowest BCUT2D eigenvalue weighted by Crippen LogP contribution is -2.58. The van der Waals surface area contributed by atoms with Crippen molar-refractivity contribution in [1.29, 1.82) is 0 Å². The smallest absolute Gasteiger partial charge is 0.407 e. The van der Waals surface area contributed by atoms with Gasteiger partial charge < -0.3 is 25.0 Å². The predicted molar refractivity (Wildman–Crippen MR) is 114 cm³/mol. The second kappa shape index (κ2) is 9.36. The minimum atomic E-state index is -0.670. The summed E-state index contributed by atoms with van der Waals surface area (Å²) in [6.07, 6.45) is 1.85. The molecule has 1 fully saturated rings. The van der Waals surface area contributed by atoms with Gasteiger partial charge in [0.2, 0.25) is 0 Å². The number of hydrogen-bond acceptors (Lipinski definition) is 8. The first-order valence-electron chi connectivity index (χ1n) is 10.1. The number of nitrogens with one attached hydrogen (secondary N) is 2. The predicted octanol–water partition coefficient (Wildman–Crippen LogP) is 2.99. The molecule has 1 aliphatic heterocycles. The molecule has 2 N–H and O–H groups in total. The summed E-state index contributed by atoms with van der Waals surface area (Å²) in [7, 11) is 0. The van der Waals surface area contributed by atoms with Gasteiger partial charge in [-0.1, -0.05) is 0 Å². The fourth-order valence-electron chi connectivity index (χ4n) is 3.24. The van der Waals surface area contributed by atoms with Crippen molar-refractivity contribution in [1.82, 2.24) is 15.6 Å². The van der Waals surface area contributed by atoms with E-state index in [1.165, 1.54) is 12.4 Å². The van der Waals surface area contributed by atoms with Crippen molar-refractivity contribution in [2.24, 2.45) is 0 Å². The van der Waals surface area contributed by atoms with Crippen LogP contribution in [0.3, 0.4) is 0 Å². The highest BCUT2D eigenvalue weighted by Gasteiger charge is 2.34. The van der Waals surface area contributed by atoms with Gasteiger partial charge in [-0.05, 0) is 54.0 Å². The van der Waals surface area contributed by atoms with E-state index >= 15 is 0 Å². The number of piperidine rings is 1. The number of hydrogen-bond donors (Lipinski definition) is 2. The number of aromatic nitrogens is 1. The molecule has 1 aromatic heterocycles. The van der Waals surface area contributed by atoms with Crippen molar-refractivity contribution in [3.63, 3.8) is 0 Å². The fourth-order valence-corrected chi connectivity index (χ4v) is 3.24. The Kier molecular flexibility index (Phi) is 7.29. The molecular weight excluding hydrogens is 406 g/mol. The standard InChI is InChI=1S/C20H31N5O6/c1-19(2,3)30-17(26)22-13-9-14(23-18(27)31-20(4,5)6)12-24(11-13)15-7-8-21-10-16(15)25(28)29/h7-8,10,13-14H,9,11-12H2,1-6H3,(H,22,26)(H,23,27)/t13-,14+. The molecule has 0 unspecified atom stereocenters. The molecule has 0 aliphatic carbocycles. The van der Waals surface area contributed by atoms with Gasteiger partial charge in [0, 0.05) is 19.3 Å². The Labute approximate surface area is 181 Å². The van der Waals surface area contributed by atoms with Crippen LogP contribution in [0.2, 0.25) is 0 Å². The molecule has 1 aliphatic rings. The Morgan fingerprint density at radius 3 is 1.97 bits per heavy atom. The summed E-state index contributed by atoms with van der Waals surface area (Å²) in [6, 6.07) is 0.700. The molecular formula is C20H31N5O6. The van der Waals surface area contributed by atoms with Crippen molar-refractivity contribution in [2.45, 2.75) is 71.2 Å². The lowest BCUT2D eigenvalue weighted by Gasteiger charge is -2.39. The molecule has 2 heterocycles. The number of pyridine rings is 1. The first-order chi connectivity index (χ1) is 14.2. The van der Waals surface area contributed by atoms with Gasteiger partial charge in [0.1, 0.15) is 23.1 Å². The number of carbonyl (C=O) groups is 2. The van der Waals surface area contributed by atoms with E-state index in [2.05, 4.69) is 15.6 Å². The number of amides is 2. The number of ether oxygens (including phenoxy) is 2. The van der Waals surface area contributed by atoms with Gasteiger partial charge in [-0.15, -0.1) is 0 Å². The summed E-state index contributed by atoms with van der Waals surface area (Å²) in [5, 5.41) is 17.0. The van der Waals surface area contributed by atoms with Crippen molar-refractivity contribution in [3.8, 4) is 0 Å². The highest BCUT2D eigenvalue weighted by molar-refractivity contribution is 5.70. The third-order valence-corrected chi connectivity index (χ3v) is 4.21. The van der Waals surface area contributed by atoms with E-state index in [1.807, 2.05) is 0 Å². The van der Waals surface area contributed by atoms with Gasteiger partial charge in [0.15, 0.2) is 0 Å². The van der Waals surface area contributed by atoms with Crippen LogP contribution < -0.4 is 15.5 Å². The van der Waals surface area contributed by atoms with E-state index in [0.29, 0.717) is 25.2 Å². The van der Waals surface area contributed by atoms with Crippen LogP contribution in [-0.2, 0) is 9.47 Å². The van der Waals surface area contributed by atoms with Gasteiger partial charge in [0.25, 0.3) is 0 Å². The van der Waals surface area contributed by atoms with E-state index in [9.17, 15) is 19.7 Å². The topological polar surface area (TPSA) is 136 Å². The van der Waals surface area contributed by atoms with Gasteiger partial charge in [0.05, 0.1) is 17.0 Å². The van der Waals surface area contributed by atoms with Crippen LogP contribution in [-0.4, -0.2) is 58.5 Å². The molecule has 31 heavy (non-hydrogen) atoms. The molecule has 172 valence electrons.